The Morgan fingerprint density at radius 3 is 2.78 bits per heavy atom. The number of aromatic hydroxyl groups is 1. The van der Waals surface area contributed by atoms with Crippen molar-refractivity contribution in [1.82, 2.24) is 0 Å². The predicted octanol–water partition coefficient (Wildman–Crippen LogP) is 5.26. The number of anilines is 1. The topological polar surface area (TPSA) is 50.7 Å². The van der Waals surface area contributed by atoms with Crippen LogP contribution in [0.2, 0.25) is 0 Å². The Balaban J connectivity index is 1.65. The summed E-state index contributed by atoms with van der Waals surface area (Å²) in [6, 6.07) is 12.2. The molecular formula is C23H27NO3. The molecule has 0 saturated heterocycles. The Hall–Kier alpha value is -2.62. The van der Waals surface area contributed by atoms with Crippen LogP contribution in [-0.4, -0.2) is 18.8 Å². The van der Waals surface area contributed by atoms with Gasteiger partial charge in [-0.15, -0.1) is 0 Å². The second-order valence-electron chi connectivity index (χ2n) is 7.86. The molecule has 142 valence electrons. The van der Waals surface area contributed by atoms with Gasteiger partial charge >= 0.3 is 0 Å². The Bertz CT molecular complexity index is 859. The molecule has 2 aliphatic rings. The van der Waals surface area contributed by atoms with Crippen molar-refractivity contribution in [3.8, 4) is 17.2 Å². The highest BCUT2D eigenvalue weighted by molar-refractivity contribution is 5.62. The van der Waals surface area contributed by atoms with Crippen LogP contribution < -0.4 is 14.8 Å². The van der Waals surface area contributed by atoms with E-state index < -0.39 is 0 Å². The third-order valence-corrected chi connectivity index (χ3v) is 5.48. The van der Waals surface area contributed by atoms with E-state index in [2.05, 4.69) is 43.4 Å². The van der Waals surface area contributed by atoms with Crippen molar-refractivity contribution in [2.45, 2.75) is 32.2 Å². The van der Waals surface area contributed by atoms with Gasteiger partial charge in [-0.05, 0) is 59.7 Å². The van der Waals surface area contributed by atoms with E-state index in [9.17, 15) is 5.11 Å². The van der Waals surface area contributed by atoms with Crippen molar-refractivity contribution in [2.24, 2.45) is 11.8 Å². The van der Waals surface area contributed by atoms with Crippen molar-refractivity contribution in [3.05, 3.63) is 59.7 Å². The number of phenolic OH excluding ortho intramolecular Hbond substituents is 1. The minimum atomic E-state index is 0.150. The maximum Gasteiger partial charge on any atom is 0.160 e. The van der Waals surface area contributed by atoms with Crippen molar-refractivity contribution < 1.29 is 14.6 Å². The van der Waals surface area contributed by atoms with Gasteiger partial charge in [0, 0.05) is 11.6 Å². The monoisotopic (exact) mass is 365 g/mol. The van der Waals surface area contributed by atoms with Gasteiger partial charge in [-0.25, -0.2) is 0 Å². The molecule has 4 heteroatoms. The molecular weight excluding hydrogens is 338 g/mol. The number of fused-ring (bicyclic) bond motifs is 3. The number of hydrogen-bond acceptors (Lipinski definition) is 4. The maximum absolute atomic E-state index is 10.2. The average molecular weight is 365 g/mol. The van der Waals surface area contributed by atoms with Gasteiger partial charge in [-0.1, -0.05) is 32.1 Å². The Kier molecular flexibility index (Phi) is 4.73. The summed E-state index contributed by atoms with van der Waals surface area (Å²) in [4.78, 5) is 0. The van der Waals surface area contributed by atoms with Crippen LogP contribution in [0.5, 0.6) is 17.2 Å². The van der Waals surface area contributed by atoms with Crippen LogP contribution >= 0.6 is 0 Å². The van der Waals surface area contributed by atoms with E-state index in [1.165, 1.54) is 5.56 Å². The van der Waals surface area contributed by atoms with Crippen LogP contribution in [0.15, 0.2) is 48.6 Å². The lowest BCUT2D eigenvalue weighted by atomic mass is 9.77. The van der Waals surface area contributed by atoms with E-state index in [0.29, 0.717) is 23.5 Å². The summed E-state index contributed by atoms with van der Waals surface area (Å²) in [6.45, 7) is 5.04. The number of methoxy groups -OCH3 is 1. The average Bonchev–Trinajstić information content (AvgIpc) is 3.15. The van der Waals surface area contributed by atoms with Gasteiger partial charge in [-0.3, -0.25) is 0 Å². The SMILES string of the molecule is COc1ccc(C2Nc3ccc(OCC(C)C)cc3C3C=CCC32)cc1O. The molecule has 3 atom stereocenters. The molecule has 27 heavy (non-hydrogen) atoms. The van der Waals surface area contributed by atoms with E-state index in [4.69, 9.17) is 9.47 Å². The van der Waals surface area contributed by atoms with E-state index in [-0.39, 0.29) is 11.8 Å². The fraction of sp³-hybridized carbons (Fsp3) is 0.391. The normalized spacial score (nSPS) is 22.9. The van der Waals surface area contributed by atoms with E-state index >= 15 is 0 Å². The Morgan fingerprint density at radius 2 is 2.04 bits per heavy atom. The van der Waals surface area contributed by atoms with E-state index in [0.717, 1.165) is 30.0 Å². The summed E-state index contributed by atoms with van der Waals surface area (Å²) in [7, 11) is 1.57. The van der Waals surface area contributed by atoms with Gasteiger partial charge in [0.05, 0.1) is 19.8 Å². The number of allylic oxidation sites excluding steroid dienone is 2. The molecule has 1 heterocycles. The quantitative estimate of drug-likeness (QED) is 0.710. The van der Waals surface area contributed by atoms with Crippen LogP contribution in [0.25, 0.3) is 0 Å². The molecule has 0 bridgehead atoms. The number of ether oxygens (including phenoxy) is 2. The van der Waals surface area contributed by atoms with Gasteiger partial charge in [0.2, 0.25) is 0 Å². The van der Waals surface area contributed by atoms with Gasteiger partial charge < -0.3 is 19.9 Å². The van der Waals surface area contributed by atoms with Crippen molar-refractivity contribution in [3.63, 3.8) is 0 Å². The third-order valence-electron chi connectivity index (χ3n) is 5.48. The maximum atomic E-state index is 10.2. The van der Waals surface area contributed by atoms with Crippen LogP contribution in [-0.2, 0) is 0 Å². The third kappa shape index (κ3) is 3.36. The highest BCUT2D eigenvalue weighted by atomic mass is 16.5. The first-order chi connectivity index (χ1) is 13.1. The first-order valence-corrected chi connectivity index (χ1v) is 9.63. The molecule has 2 N–H and O–H groups in total. The number of rotatable bonds is 5. The number of benzene rings is 2. The molecule has 0 amide bonds. The molecule has 2 aromatic rings. The van der Waals surface area contributed by atoms with Gasteiger partial charge in [0.25, 0.3) is 0 Å². The molecule has 3 unspecified atom stereocenters. The summed E-state index contributed by atoms with van der Waals surface area (Å²) in [6.07, 6.45) is 5.60. The van der Waals surface area contributed by atoms with Gasteiger partial charge in [0.1, 0.15) is 5.75 Å². The highest BCUT2D eigenvalue weighted by Crippen LogP contribution is 2.51. The summed E-state index contributed by atoms with van der Waals surface area (Å²) in [5.74, 6) is 2.91. The molecule has 0 fully saturated rings. The molecule has 0 spiro atoms. The molecule has 0 aromatic heterocycles. The second kappa shape index (κ2) is 7.18. The largest absolute Gasteiger partial charge is 0.504 e. The fourth-order valence-corrected chi connectivity index (χ4v) is 4.16. The summed E-state index contributed by atoms with van der Waals surface area (Å²) < 4.78 is 11.1. The molecule has 2 aromatic carbocycles. The number of nitrogens with one attached hydrogen (secondary N) is 1. The molecule has 4 nitrogen and oxygen atoms in total. The van der Waals surface area contributed by atoms with E-state index in [1.54, 1.807) is 7.11 Å². The standard InChI is InChI=1S/C23H27NO3/c1-14(2)13-27-16-8-9-20-19(12-16)17-5-4-6-18(17)23(24-20)15-7-10-22(26-3)21(25)11-15/h4-5,7-12,14,17-18,23-25H,6,13H2,1-3H3. The van der Waals surface area contributed by atoms with Crippen molar-refractivity contribution in [2.75, 3.05) is 19.0 Å². The second-order valence-corrected chi connectivity index (χ2v) is 7.86. The van der Waals surface area contributed by atoms with Crippen molar-refractivity contribution >= 4 is 5.69 Å². The van der Waals surface area contributed by atoms with E-state index in [1.807, 2.05) is 24.3 Å². The van der Waals surface area contributed by atoms with Crippen LogP contribution in [0.1, 0.15) is 43.4 Å². The van der Waals surface area contributed by atoms with Crippen LogP contribution in [0.4, 0.5) is 5.69 Å². The molecule has 1 aliphatic carbocycles. The van der Waals surface area contributed by atoms with Crippen LogP contribution in [0.3, 0.4) is 0 Å². The van der Waals surface area contributed by atoms with Crippen LogP contribution in [0, 0.1) is 11.8 Å². The zero-order valence-electron chi connectivity index (χ0n) is 16.1. The summed E-state index contributed by atoms with van der Waals surface area (Å²) in [5.41, 5.74) is 3.52. The first kappa shape index (κ1) is 17.8. The first-order valence-electron chi connectivity index (χ1n) is 9.63. The minimum absolute atomic E-state index is 0.150. The smallest absolute Gasteiger partial charge is 0.160 e. The lowest BCUT2D eigenvalue weighted by molar-refractivity contribution is 0.270. The molecule has 0 radical (unpaired) electrons. The summed E-state index contributed by atoms with van der Waals surface area (Å²) in [5, 5.41) is 13.9. The highest BCUT2D eigenvalue weighted by Gasteiger charge is 2.38. The fourth-order valence-electron chi connectivity index (χ4n) is 4.16. The molecule has 4 rings (SSSR count). The van der Waals surface area contributed by atoms with Gasteiger partial charge in [0.15, 0.2) is 11.5 Å². The Morgan fingerprint density at radius 1 is 1.19 bits per heavy atom. The lowest BCUT2D eigenvalue weighted by Crippen LogP contribution is -2.29. The predicted molar refractivity (Wildman–Crippen MR) is 108 cm³/mol. The molecule has 1 aliphatic heterocycles. The Labute approximate surface area is 160 Å². The zero-order valence-corrected chi connectivity index (χ0v) is 16.1. The lowest BCUT2D eigenvalue weighted by Gasteiger charge is -2.37. The number of hydrogen-bond donors (Lipinski definition) is 2. The van der Waals surface area contributed by atoms with Gasteiger partial charge in [-0.2, -0.15) is 0 Å². The minimum Gasteiger partial charge on any atom is -0.504 e. The van der Waals surface area contributed by atoms with Crippen molar-refractivity contribution in [1.29, 1.82) is 0 Å². The zero-order chi connectivity index (χ0) is 19.0. The number of phenols is 1. The molecule has 0 saturated carbocycles. The summed E-state index contributed by atoms with van der Waals surface area (Å²) >= 11 is 0.